The topological polar surface area (TPSA) is 34.2 Å². The molecule has 1 heterocycles. The Morgan fingerprint density at radius 2 is 2.05 bits per heavy atom. The van der Waals surface area contributed by atoms with Gasteiger partial charge in [-0.15, -0.1) is 0 Å². The number of hydrogen-bond donors (Lipinski definition) is 1. The summed E-state index contributed by atoms with van der Waals surface area (Å²) in [6, 6.07) is 6.09. The van der Waals surface area contributed by atoms with Gasteiger partial charge in [-0.1, -0.05) is 25.4 Å². The lowest BCUT2D eigenvalue weighted by molar-refractivity contribution is -0.0103. The van der Waals surface area contributed by atoms with Crippen molar-refractivity contribution in [3.8, 4) is 5.75 Å². The van der Waals surface area contributed by atoms with E-state index in [1.165, 1.54) is 25.0 Å². The van der Waals surface area contributed by atoms with E-state index in [0.29, 0.717) is 30.3 Å². The minimum Gasteiger partial charge on any atom is -0.490 e. The van der Waals surface area contributed by atoms with E-state index in [9.17, 15) is 0 Å². The van der Waals surface area contributed by atoms with E-state index in [4.69, 9.17) is 21.1 Å². The van der Waals surface area contributed by atoms with E-state index in [1.54, 1.807) is 0 Å². The summed E-state index contributed by atoms with van der Waals surface area (Å²) in [5.74, 6) is 1.19. The molecule has 1 aliphatic carbocycles. The Hall–Kier alpha value is -1.19. The first-order valence-corrected chi connectivity index (χ1v) is 8.08. The van der Waals surface area contributed by atoms with Gasteiger partial charge in [-0.25, -0.2) is 0 Å². The van der Waals surface area contributed by atoms with Crippen LogP contribution in [0.4, 0.5) is 0 Å². The van der Waals surface area contributed by atoms with Gasteiger partial charge in [-0.3, -0.25) is 0 Å². The van der Waals surface area contributed by atoms with E-state index in [0.717, 1.165) is 16.7 Å². The van der Waals surface area contributed by atoms with Crippen LogP contribution in [0.1, 0.15) is 44.7 Å². The Labute approximate surface area is 130 Å². The van der Waals surface area contributed by atoms with Crippen LogP contribution < -0.4 is 4.74 Å². The molecule has 0 atom stereocenters. The third kappa shape index (κ3) is 3.35. The lowest BCUT2D eigenvalue weighted by atomic mass is 9.96. The van der Waals surface area contributed by atoms with Crippen molar-refractivity contribution in [2.75, 3.05) is 13.2 Å². The highest BCUT2D eigenvalue weighted by Crippen LogP contribution is 2.31. The second kappa shape index (κ2) is 6.29. The molecule has 1 fully saturated rings. The molecule has 0 radical (unpaired) electrons. The summed E-state index contributed by atoms with van der Waals surface area (Å²) in [5, 5.41) is 1.78. The van der Waals surface area contributed by atoms with Crippen LogP contribution in [-0.4, -0.2) is 24.3 Å². The SMILES string of the molecule is CC(C)c1cc2cc(Cl)c(OCCOC3CCC3)cc2[nH]1. The third-order valence-electron chi connectivity index (χ3n) is 4.06. The number of halogens is 1. The van der Waals surface area contributed by atoms with Gasteiger partial charge < -0.3 is 14.5 Å². The minimum atomic E-state index is 0.448. The van der Waals surface area contributed by atoms with Crippen molar-refractivity contribution < 1.29 is 9.47 Å². The zero-order valence-electron chi connectivity index (χ0n) is 12.6. The predicted octanol–water partition coefficient (Wildman–Crippen LogP) is 4.89. The third-order valence-corrected chi connectivity index (χ3v) is 4.36. The number of H-pyrrole nitrogens is 1. The monoisotopic (exact) mass is 307 g/mol. The number of hydrogen-bond acceptors (Lipinski definition) is 2. The summed E-state index contributed by atoms with van der Waals surface area (Å²) >= 11 is 6.29. The summed E-state index contributed by atoms with van der Waals surface area (Å²) in [6.45, 7) is 5.50. The average Bonchev–Trinajstić information content (AvgIpc) is 2.79. The molecule has 1 N–H and O–H groups in total. The average molecular weight is 308 g/mol. The van der Waals surface area contributed by atoms with E-state index < -0.39 is 0 Å². The van der Waals surface area contributed by atoms with E-state index >= 15 is 0 Å². The number of nitrogens with one attached hydrogen (secondary N) is 1. The van der Waals surface area contributed by atoms with Crippen LogP contribution in [0.25, 0.3) is 10.9 Å². The fraction of sp³-hybridized carbons (Fsp3) is 0.529. The molecule has 1 saturated carbocycles. The molecule has 0 unspecified atom stereocenters. The van der Waals surface area contributed by atoms with Gasteiger partial charge in [0, 0.05) is 22.7 Å². The van der Waals surface area contributed by atoms with Crippen molar-refractivity contribution in [1.82, 2.24) is 4.98 Å². The Balaban J connectivity index is 1.64. The number of fused-ring (bicyclic) bond motifs is 1. The van der Waals surface area contributed by atoms with Crippen LogP contribution in [0.3, 0.4) is 0 Å². The first-order valence-electron chi connectivity index (χ1n) is 7.70. The highest BCUT2D eigenvalue weighted by molar-refractivity contribution is 6.32. The van der Waals surface area contributed by atoms with Crippen molar-refractivity contribution in [1.29, 1.82) is 0 Å². The van der Waals surface area contributed by atoms with Crippen LogP contribution >= 0.6 is 11.6 Å². The van der Waals surface area contributed by atoms with E-state index in [2.05, 4.69) is 24.9 Å². The van der Waals surface area contributed by atoms with Gasteiger partial charge >= 0.3 is 0 Å². The summed E-state index contributed by atoms with van der Waals surface area (Å²) < 4.78 is 11.4. The van der Waals surface area contributed by atoms with Crippen molar-refractivity contribution in [3.63, 3.8) is 0 Å². The van der Waals surface area contributed by atoms with Crippen molar-refractivity contribution in [3.05, 3.63) is 28.9 Å². The number of aromatic nitrogens is 1. The molecule has 0 bridgehead atoms. The van der Waals surface area contributed by atoms with Crippen LogP contribution in [0.2, 0.25) is 5.02 Å². The van der Waals surface area contributed by atoms with Gasteiger partial charge in [-0.05, 0) is 37.3 Å². The lowest BCUT2D eigenvalue weighted by Crippen LogP contribution is -2.23. The van der Waals surface area contributed by atoms with Gasteiger partial charge in [0.2, 0.25) is 0 Å². The molecule has 21 heavy (non-hydrogen) atoms. The molecule has 0 spiro atoms. The molecule has 2 aromatic rings. The minimum absolute atomic E-state index is 0.448. The second-order valence-corrected chi connectivity index (χ2v) is 6.43. The number of aromatic amines is 1. The maximum Gasteiger partial charge on any atom is 0.140 e. The molecule has 3 rings (SSSR count). The molecular weight excluding hydrogens is 286 g/mol. The molecule has 0 aliphatic heterocycles. The maximum absolute atomic E-state index is 6.29. The fourth-order valence-corrected chi connectivity index (χ4v) is 2.71. The van der Waals surface area contributed by atoms with E-state index in [1.807, 2.05) is 12.1 Å². The number of rotatable bonds is 6. The van der Waals surface area contributed by atoms with Crippen LogP contribution in [-0.2, 0) is 4.74 Å². The van der Waals surface area contributed by atoms with Crippen molar-refractivity contribution in [2.45, 2.75) is 45.1 Å². The zero-order chi connectivity index (χ0) is 14.8. The van der Waals surface area contributed by atoms with Gasteiger partial charge in [0.05, 0.1) is 17.7 Å². The second-order valence-electron chi connectivity index (χ2n) is 6.02. The largest absolute Gasteiger partial charge is 0.490 e. The maximum atomic E-state index is 6.29. The zero-order valence-corrected chi connectivity index (χ0v) is 13.4. The van der Waals surface area contributed by atoms with Crippen molar-refractivity contribution in [2.24, 2.45) is 0 Å². The highest BCUT2D eigenvalue weighted by atomic mass is 35.5. The Bertz CT molecular complexity index is 617. The first kappa shape index (κ1) is 14.7. The lowest BCUT2D eigenvalue weighted by Gasteiger charge is -2.25. The van der Waals surface area contributed by atoms with Crippen LogP contribution in [0.15, 0.2) is 18.2 Å². The quantitative estimate of drug-likeness (QED) is 0.771. The van der Waals surface area contributed by atoms with Crippen LogP contribution in [0, 0.1) is 0 Å². The molecule has 1 aromatic carbocycles. The number of benzene rings is 1. The highest BCUT2D eigenvalue weighted by Gasteiger charge is 2.17. The summed E-state index contributed by atoms with van der Waals surface area (Å²) in [5.41, 5.74) is 2.28. The molecule has 4 heteroatoms. The predicted molar refractivity (Wildman–Crippen MR) is 86.5 cm³/mol. The smallest absolute Gasteiger partial charge is 0.140 e. The van der Waals surface area contributed by atoms with Gasteiger partial charge in [0.25, 0.3) is 0 Å². The summed E-state index contributed by atoms with van der Waals surface area (Å²) in [4.78, 5) is 3.42. The molecular formula is C17H22ClNO2. The Morgan fingerprint density at radius 3 is 2.71 bits per heavy atom. The van der Waals surface area contributed by atoms with E-state index in [-0.39, 0.29) is 0 Å². The summed E-state index contributed by atoms with van der Waals surface area (Å²) in [7, 11) is 0. The molecule has 0 saturated heterocycles. The molecule has 0 amide bonds. The number of ether oxygens (including phenoxy) is 2. The Morgan fingerprint density at radius 1 is 1.24 bits per heavy atom. The summed E-state index contributed by atoms with van der Waals surface area (Å²) in [6.07, 6.45) is 4.11. The van der Waals surface area contributed by atoms with Gasteiger partial charge in [0.15, 0.2) is 0 Å². The molecule has 1 aliphatic rings. The van der Waals surface area contributed by atoms with Crippen molar-refractivity contribution >= 4 is 22.5 Å². The molecule has 114 valence electrons. The molecule has 1 aromatic heterocycles. The standard InChI is InChI=1S/C17H22ClNO2/c1-11(2)15-9-12-8-14(18)17(10-16(12)19-15)21-7-6-20-13-4-3-5-13/h8-11,13,19H,3-7H2,1-2H3. The Kier molecular flexibility index (Phi) is 4.41. The normalized spacial score (nSPS) is 15.6. The van der Waals surface area contributed by atoms with Gasteiger partial charge in [0.1, 0.15) is 12.4 Å². The first-order chi connectivity index (χ1) is 10.1. The van der Waals surface area contributed by atoms with Gasteiger partial charge in [-0.2, -0.15) is 0 Å². The van der Waals surface area contributed by atoms with Crippen LogP contribution in [0.5, 0.6) is 5.75 Å². The molecule has 3 nitrogen and oxygen atoms in total. The fourth-order valence-electron chi connectivity index (χ4n) is 2.48.